The first-order valence-electron chi connectivity index (χ1n) is 21.5. The molecular formula is C48H62O14. The molecule has 0 spiro atoms. The van der Waals surface area contributed by atoms with E-state index in [1.807, 2.05) is 58.1 Å². The molecule has 0 aromatic carbocycles. The Morgan fingerprint density at radius 1 is 0.597 bits per heavy atom. The molecular weight excluding hydrogens is 801 g/mol. The van der Waals surface area contributed by atoms with Crippen LogP contribution < -0.4 is 20.7 Å². The highest BCUT2D eigenvalue weighted by molar-refractivity contribution is 5.44. The lowest BCUT2D eigenvalue weighted by atomic mass is 9.54. The molecule has 338 valence electrons. The Labute approximate surface area is 362 Å². The Morgan fingerprint density at radius 3 is 1.31 bits per heavy atom. The van der Waals surface area contributed by atoms with Gasteiger partial charge in [0.25, 0.3) is 0 Å². The number of allylic oxidation sites excluding steroid dienone is 8. The molecule has 4 saturated heterocycles. The van der Waals surface area contributed by atoms with Crippen LogP contribution in [0.3, 0.4) is 0 Å². The molecule has 14 heteroatoms. The molecule has 1 aliphatic carbocycles. The van der Waals surface area contributed by atoms with Crippen LogP contribution in [0.4, 0.5) is 0 Å². The first-order valence-corrected chi connectivity index (χ1v) is 21.5. The highest BCUT2D eigenvalue weighted by atomic mass is 16.7. The van der Waals surface area contributed by atoms with Crippen molar-refractivity contribution in [3.63, 3.8) is 0 Å². The van der Waals surface area contributed by atoms with E-state index in [2.05, 4.69) is 0 Å². The number of hydrogen-bond acceptors (Lipinski definition) is 14. The molecule has 7 rings (SSSR count). The molecule has 2 aromatic heterocycles. The van der Waals surface area contributed by atoms with Crippen LogP contribution in [0.15, 0.2) is 91.3 Å². The third-order valence-electron chi connectivity index (χ3n) is 15.0. The van der Waals surface area contributed by atoms with Crippen molar-refractivity contribution in [3.8, 4) is 11.5 Å². The van der Waals surface area contributed by atoms with Crippen LogP contribution in [0, 0.1) is 36.5 Å². The van der Waals surface area contributed by atoms with E-state index in [1.54, 1.807) is 58.1 Å². The smallest absolute Gasteiger partial charge is 0.339 e. The van der Waals surface area contributed by atoms with Gasteiger partial charge in [-0.1, -0.05) is 74.6 Å². The van der Waals surface area contributed by atoms with E-state index in [1.165, 1.54) is 26.4 Å². The topological polar surface area (TPSA) is 197 Å². The second-order valence-corrected chi connectivity index (χ2v) is 18.1. The predicted molar refractivity (Wildman–Crippen MR) is 228 cm³/mol. The van der Waals surface area contributed by atoms with Crippen LogP contribution in [0.25, 0.3) is 0 Å². The van der Waals surface area contributed by atoms with Crippen LogP contribution in [-0.2, 0) is 18.9 Å². The lowest BCUT2D eigenvalue weighted by Crippen LogP contribution is -2.54. The van der Waals surface area contributed by atoms with Gasteiger partial charge in [-0.05, 0) is 66.2 Å². The maximum absolute atomic E-state index is 13.0. The molecule has 0 unspecified atom stereocenters. The van der Waals surface area contributed by atoms with Gasteiger partial charge >= 0.3 is 11.3 Å². The average molecular weight is 863 g/mol. The van der Waals surface area contributed by atoms with Crippen molar-refractivity contribution in [1.29, 1.82) is 0 Å². The van der Waals surface area contributed by atoms with Crippen LogP contribution in [-0.4, -0.2) is 95.1 Å². The van der Waals surface area contributed by atoms with Crippen molar-refractivity contribution in [2.45, 2.75) is 140 Å². The zero-order valence-electron chi connectivity index (χ0n) is 37.1. The van der Waals surface area contributed by atoms with Gasteiger partial charge in [-0.15, -0.1) is 0 Å². The first kappa shape index (κ1) is 45.9. The normalized spacial score (nSPS) is 41.6. The molecule has 62 heavy (non-hydrogen) atoms. The fraction of sp³-hybridized carbons (Fsp3) is 0.583. The number of fused-ring (bicyclic) bond motifs is 2. The number of hydrogen-bond donors (Lipinski definition) is 4. The highest BCUT2D eigenvalue weighted by Gasteiger charge is 2.70. The summed E-state index contributed by atoms with van der Waals surface area (Å²) in [7, 11) is 2.98. The average Bonchev–Trinajstić information content (AvgIpc) is 3.78. The van der Waals surface area contributed by atoms with Crippen molar-refractivity contribution in [2.75, 3.05) is 14.2 Å². The molecule has 2 aromatic rings. The fourth-order valence-electron chi connectivity index (χ4n) is 10.7. The summed E-state index contributed by atoms with van der Waals surface area (Å²) in [6, 6.07) is 2.60. The summed E-state index contributed by atoms with van der Waals surface area (Å²) in [5, 5.41) is 45.5. The van der Waals surface area contributed by atoms with Crippen molar-refractivity contribution >= 4 is 0 Å². The van der Waals surface area contributed by atoms with Crippen molar-refractivity contribution in [3.05, 3.63) is 116 Å². The van der Waals surface area contributed by atoms with E-state index in [0.29, 0.717) is 47.0 Å². The van der Waals surface area contributed by atoms with Crippen LogP contribution in [0.5, 0.6) is 11.5 Å². The molecule has 14 atom stereocenters. The number of ether oxygens (including phenoxy) is 6. The predicted octanol–water partition coefficient (Wildman–Crippen LogP) is 5.43. The molecule has 6 heterocycles. The SMILES string of the molecule is CC[C@H]1O[C@@H]2O[C@H](/C=C/C=C/C=C/C3[C@H](c4oc(=O)cc(OC)c4C)C(/C=C/C=C/[C@H]4O[C@H]5O[C@H](CC)[C@](C)(O)[C@@]5(C)[C@H]4O)[C@H]3c3oc(=O)cc(OC)c3C)[C@H](O)[C@]2(C)[C@@]1(C)O. The second kappa shape index (κ2) is 17.1. The minimum atomic E-state index is -1.32. The van der Waals surface area contributed by atoms with Gasteiger partial charge < -0.3 is 57.7 Å². The van der Waals surface area contributed by atoms with Crippen LogP contribution in [0.2, 0.25) is 0 Å². The van der Waals surface area contributed by atoms with Crippen LogP contribution >= 0.6 is 0 Å². The van der Waals surface area contributed by atoms with Gasteiger partial charge in [0.05, 0.1) is 61.6 Å². The van der Waals surface area contributed by atoms with Gasteiger partial charge in [0.1, 0.15) is 46.4 Å². The molecule has 0 radical (unpaired) electrons. The van der Waals surface area contributed by atoms with Gasteiger partial charge in [-0.25, -0.2) is 9.59 Å². The Bertz CT molecular complexity index is 2170. The maximum atomic E-state index is 13.0. The second-order valence-electron chi connectivity index (χ2n) is 18.1. The lowest BCUT2D eigenvalue weighted by Gasteiger charge is -2.49. The molecule has 1 saturated carbocycles. The van der Waals surface area contributed by atoms with E-state index in [-0.39, 0.29) is 5.92 Å². The Morgan fingerprint density at radius 2 is 0.952 bits per heavy atom. The minimum Gasteiger partial charge on any atom is -0.496 e. The number of methoxy groups -OCH3 is 2. The third-order valence-corrected chi connectivity index (χ3v) is 15.0. The van der Waals surface area contributed by atoms with Gasteiger partial charge in [0, 0.05) is 23.0 Å². The zero-order valence-corrected chi connectivity index (χ0v) is 37.1. The molecule has 5 aliphatic rings. The molecule has 5 fully saturated rings. The van der Waals surface area contributed by atoms with E-state index in [0.717, 1.165) is 0 Å². The summed E-state index contributed by atoms with van der Waals surface area (Å²) in [6.45, 7) is 14.4. The molecule has 14 nitrogen and oxygen atoms in total. The standard InChI is InChI=1S/C48H62O14/c1-11-33-47(7,53)45(5)41(51)29(57-43(45)59-33)21-16-14-13-15-19-27-37(39-25(3)31(55-9)23-35(49)61-39)28(38(27)40-26(4)32(56-10)24-36(50)62-40)20-17-18-22-30-42(52)46(6)44(58-30)60-34(12-2)48(46,8)54/h13-24,27-30,33-34,37-38,41-44,51-54H,11-12H2,1-10H3/b14-13+,19-15+,20-17+,21-16+,22-18+/t27?,28?,29-,30-,33-,34-,37+,38+,41+,42+,43+,44+,45+,46+,47+,48+/m1/s1. The molecule has 0 bridgehead atoms. The van der Waals surface area contributed by atoms with Gasteiger partial charge in [0.2, 0.25) is 0 Å². The summed E-state index contributed by atoms with van der Waals surface area (Å²) in [5.74, 6) is -0.0591. The minimum absolute atomic E-state index is 0.374. The summed E-state index contributed by atoms with van der Waals surface area (Å²) in [4.78, 5) is 25.9. The van der Waals surface area contributed by atoms with Crippen molar-refractivity contribution < 1.29 is 57.7 Å². The molecule has 0 amide bonds. The van der Waals surface area contributed by atoms with Gasteiger partial charge in [0.15, 0.2) is 12.6 Å². The Hall–Kier alpha value is -4.12. The van der Waals surface area contributed by atoms with Crippen molar-refractivity contribution in [1.82, 2.24) is 0 Å². The van der Waals surface area contributed by atoms with E-state index >= 15 is 0 Å². The summed E-state index contributed by atoms with van der Waals surface area (Å²) in [6.07, 6.45) is 13.3. The summed E-state index contributed by atoms with van der Waals surface area (Å²) >= 11 is 0. The number of rotatable bonds is 13. The number of aliphatic hydroxyl groups excluding tert-OH is 2. The van der Waals surface area contributed by atoms with E-state index < -0.39 is 100 Å². The lowest BCUT2D eigenvalue weighted by molar-refractivity contribution is -0.144. The quantitative estimate of drug-likeness (QED) is 0.186. The largest absolute Gasteiger partial charge is 0.496 e. The monoisotopic (exact) mass is 862 g/mol. The van der Waals surface area contributed by atoms with Crippen molar-refractivity contribution in [2.24, 2.45) is 22.7 Å². The van der Waals surface area contributed by atoms with Gasteiger partial charge in [-0.2, -0.15) is 0 Å². The molecule has 4 N–H and O–H groups in total. The number of aliphatic hydroxyl groups is 4. The zero-order chi connectivity index (χ0) is 45.1. The first-order chi connectivity index (χ1) is 29.3. The third kappa shape index (κ3) is 7.11. The summed E-state index contributed by atoms with van der Waals surface area (Å²) in [5.41, 5.74) is -4.53. The fourth-order valence-corrected chi connectivity index (χ4v) is 10.7. The maximum Gasteiger partial charge on any atom is 0.339 e. The Balaban J connectivity index is 1.19. The van der Waals surface area contributed by atoms with Crippen LogP contribution in [0.1, 0.15) is 88.9 Å². The van der Waals surface area contributed by atoms with E-state index in [9.17, 15) is 30.0 Å². The Kier molecular flexibility index (Phi) is 12.7. The summed E-state index contributed by atoms with van der Waals surface area (Å²) < 4.78 is 47.3. The molecule has 4 aliphatic heterocycles. The van der Waals surface area contributed by atoms with E-state index in [4.69, 9.17) is 37.3 Å². The van der Waals surface area contributed by atoms with Gasteiger partial charge in [-0.3, -0.25) is 0 Å². The highest BCUT2D eigenvalue weighted by Crippen LogP contribution is 2.61.